The van der Waals surface area contributed by atoms with Gasteiger partial charge in [0, 0.05) is 13.1 Å². The second-order valence-corrected chi connectivity index (χ2v) is 5.90. The van der Waals surface area contributed by atoms with Crippen molar-refractivity contribution in [1.82, 2.24) is 4.90 Å². The van der Waals surface area contributed by atoms with Gasteiger partial charge in [-0.05, 0) is 35.4 Å². The number of carbonyl (C=O) groups is 2. The maximum absolute atomic E-state index is 12.2. The van der Waals surface area contributed by atoms with Crippen LogP contribution in [0, 0.1) is 22.7 Å². The Bertz CT molecular complexity index is 875. The summed E-state index contributed by atoms with van der Waals surface area (Å²) in [7, 11) is 0. The van der Waals surface area contributed by atoms with Crippen molar-refractivity contribution >= 4 is 11.9 Å². The van der Waals surface area contributed by atoms with E-state index in [4.69, 9.17) is 15.3 Å². The first-order valence-electron chi connectivity index (χ1n) is 8.63. The average molecular weight is 377 g/mol. The predicted molar refractivity (Wildman–Crippen MR) is 101 cm³/mol. The molecule has 0 aromatic heterocycles. The lowest BCUT2D eigenvalue weighted by molar-refractivity contribution is -0.134. The number of benzene rings is 2. The van der Waals surface area contributed by atoms with E-state index in [9.17, 15) is 14.7 Å². The number of aromatic hydroxyl groups is 1. The molecule has 7 nitrogen and oxygen atoms in total. The number of nitrogens with zero attached hydrogens (tertiary/aromatic N) is 3. The lowest BCUT2D eigenvalue weighted by Gasteiger charge is -2.20. The van der Waals surface area contributed by atoms with Crippen molar-refractivity contribution in [3.63, 3.8) is 0 Å². The van der Waals surface area contributed by atoms with Crippen molar-refractivity contribution in [3.05, 3.63) is 54.1 Å². The number of hydrogen-bond acceptors (Lipinski definition) is 6. The molecule has 0 aliphatic rings. The molecule has 2 aromatic rings. The first-order valence-corrected chi connectivity index (χ1v) is 8.63. The fraction of sp³-hybridized carbons (Fsp3) is 0.238. The zero-order valence-corrected chi connectivity index (χ0v) is 15.2. The van der Waals surface area contributed by atoms with Crippen LogP contribution in [-0.4, -0.2) is 41.6 Å². The van der Waals surface area contributed by atoms with Gasteiger partial charge in [-0.15, -0.1) is 0 Å². The van der Waals surface area contributed by atoms with E-state index in [0.29, 0.717) is 5.56 Å². The number of hydrogen-bond donors (Lipinski definition) is 1. The lowest BCUT2D eigenvalue weighted by atomic mass is 10.0. The summed E-state index contributed by atoms with van der Waals surface area (Å²) >= 11 is 0. The van der Waals surface area contributed by atoms with E-state index in [1.165, 1.54) is 4.90 Å². The standard InChI is InChI=1S/C21H19N3O4/c22-11-1-13-24(14-2-12-23)20(26)15-28-21(27)18-5-3-16(4-6-18)17-7-9-19(25)10-8-17/h3-10,25H,1-2,13-15H2. The molecule has 2 rings (SSSR count). The number of esters is 1. The molecule has 0 atom stereocenters. The Balaban J connectivity index is 1.94. The van der Waals surface area contributed by atoms with E-state index in [-0.39, 0.29) is 31.7 Å². The van der Waals surface area contributed by atoms with Gasteiger partial charge in [0.25, 0.3) is 5.91 Å². The third kappa shape index (κ3) is 5.86. The minimum absolute atomic E-state index is 0.143. The predicted octanol–water partition coefficient (Wildman–Crippen LogP) is 2.87. The number of nitriles is 2. The summed E-state index contributed by atoms with van der Waals surface area (Å²) in [4.78, 5) is 25.7. The molecule has 28 heavy (non-hydrogen) atoms. The van der Waals surface area contributed by atoms with Gasteiger partial charge in [-0.25, -0.2) is 4.79 Å². The Kier molecular flexibility index (Phi) is 7.56. The Morgan fingerprint density at radius 3 is 1.89 bits per heavy atom. The second kappa shape index (κ2) is 10.3. The normalized spacial score (nSPS) is 9.79. The summed E-state index contributed by atoms with van der Waals surface area (Å²) in [5.41, 5.74) is 2.06. The molecule has 0 aliphatic carbocycles. The van der Waals surface area contributed by atoms with Crippen LogP contribution in [-0.2, 0) is 9.53 Å². The van der Waals surface area contributed by atoms with Crippen molar-refractivity contribution in [2.75, 3.05) is 19.7 Å². The van der Waals surface area contributed by atoms with Gasteiger partial charge < -0.3 is 14.7 Å². The minimum atomic E-state index is -0.633. The summed E-state index contributed by atoms with van der Waals surface area (Å²) in [6.45, 7) is -0.0683. The molecule has 0 fully saturated rings. The number of phenolic OH excluding ortho intramolecular Hbond substituents is 1. The van der Waals surface area contributed by atoms with Crippen LogP contribution in [0.25, 0.3) is 11.1 Å². The van der Waals surface area contributed by atoms with Gasteiger partial charge in [0.15, 0.2) is 6.61 Å². The van der Waals surface area contributed by atoms with Crippen LogP contribution in [0.3, 0.4) is 0 Å². The highest BCUT2D eigenvalue weighted by Crippen LogP contribution is 2.22. The van der Waals surface area contributed by atoms with Gasteiger partial charge in [-0.1, -0.05) is 24.3 Å². The second-order valence-electron chi connectivity index (χ2n) is 5.90. The van der Waals surface area contributed by atoms with E-state index in [2.05, 4.69) is 0 Å². The van der Waals surface area contributed by atoms with Crippen molar-refractivity contribution < 1.29 is 19.4 Å². The van der Waals surface area contributed by atoms with Crippen LogP contribution in [0.15, 0.2) is 48.5 Å². The summed E-state index contributed by atoms with van der Waals surface area (Å²) in [6.07, 6.45) is 0.285. The van der Waals surface area contributed by atoms with E-state index < -0.39 is 18.5 Å². The molecule has 0 aliphatic heterocycles. The third-order valence-corrected chi connectivity index (χ3v) is 3.99. The molecule has 7 heteroatoms. The molecule has 0 saturated heterocycles. The summed E-state index contributed by atoms with van der Waals surface area (Å²) in [6, 6.07) is 17.3. The first kappa shape index (κ1) is 20.5. The highest BCUT2D eigenvalue weighted by molar-refractivity contribution is 5.91. The zero-order valence-electron chi connectivity index (χ0n) is 15.2. The lowest BCUT2D eigenvalue weighted by Crippen LogP contribution is -2.36. The molecule has 0 unspecified atom stereocenters. The van der Waals surface area contributed by atoms with Crippen molar-refractivity contribution in [2.24, 2.45) is 0 Å². The maximum atomic E-state index is 12.2. The molecule has 1 amide bonds. The van der Waals surface area contributed by atoms with Gasteiger partial charge >= 0.3 is 5.97 Å². The smallest absolute Gasteiger partial charge is 0.338 e. The Labute approximate surface area is 163 Å². The van der Waals surface area contributed by atoms with E-state index in [1.54, 1.807) is 48.5 Å². The van der Waals surface area contributed by atoms with Crippen molar-refractivity contribution in [2.45, 2.75) is 12.8 Å². The van der Waals surface area contributed by atoms with Gasteiger partial charge in [0.2, 0.25) is 0 Å². The Morgan fingerprint density at radius 1 is 0.893 bits per heavy atom. The molecule has 1 N–H and O–H groups in total. The number of carbonyl (C=O) groups excluding carboxylic acids is 2. The number of ether oxygens (including phenoxy) is 1. The van der Waals surface area contributed by atoms with Gasteiger partial charge in [-0.3, -0.25) is 4.79 Å². The van der Waals surface area contributed by atoms with E-state index in [0.717, 1.165) is 11.1 Å². The fourth-order valence-corrected chi connectivity index (χ4v) is 2.49. The molecular weight excluding hydrogens is 358 g/mol. The van der Waals surface area contributed by atoms with Crippen LogP contribution in [0.4, 0.5) is 0 Å². The van der Waals surface area contributed by atoms with Gasteiger partial charge in [-0.2, -0.15) is 10.5 Å². The largest absolute Gasteiger partial charge is 0.508 e. The minimum Gasteiger partial charge on any atom is -0.508 e. The molecule has 2 aromatic carbocycles. The van der Waals surface area contributed by atoms with Crippen LogP contribution in [0.1, 0.15) is 23.2 Å². The molecule has 142 valence electrons. The Morgan fingerprint density at radius 2 is 1.39 bits per heavy atom. The molecule has 0 spiro atoms. The van der Waals surface area contributed by atoms with Gasteiger partial charge in [0.1, 0.15) is 5.75 Å². The topological polar surface area (TPSA) is 114 Å². The number of rotatable bonds is 8. The van der Waals surface area contributed by atoms with Gasteiger partial charge in [0.05, 0.1) is 30.5 Å². The van der Waals surface area contributed by atoms with Crippen LogP contribution >= 0.6 is 0 Å². The number of amides is 1. The van der Waals surface area contributed by atoms with E-state index in [1.807, 2.05) is 12.1 Å². The first-order chi connectivity index (χ1) is 13.5. The quantitative estimate of drug-likeness (QED) is 0.708. The number of phenols is 1. The highest BCUT2D eigenvalue weighted by Gasteiger charge is 2.16. The Hall–Kier alpha value is -3.84. The summed E-state index contributed by atoms with van der Waals surface area (Å²) < 4.78 is 5.06. The zero-order chi connectivity index (χ0) is 20.4. The molecule has 0 heterocycles. The molecule has 0 radical (unpaired) electrons. The van der Waals surface area contributed by atoms with Crippen LogP contribution in [0.5, 0.6) is 5.75 Å². The van der Waals surface area contributed by atoms with Crippen molar-refractivity contribution in [1.29, 1.82) is 10.5 Å². The fourth-order valence-electron chi connectivity index (χ4n) is 2.49. The maximum Gasteiger partial charge on any atom is 0.338 e. The summed E-state index contributed by atoms with van der Waals surface area (Å²) in [5.74, 6) is -0.905. The molecule has 0 saturated carbocycles. The summed E-state index contributed by atoms with van der Waals surface area (Å²) in [5, 5.41) is 26.6. The van der Waals surface area contributed by atoms with Crippen molar-refractivity contribution in [3.8, 4) is 29.0 Å². The third-order valence-electron chi connectivity index (χ3n) is 3.99. The highest BCUT2D eigenvalue weighted by atomic mass is 16.5. The van der Waals surface area contributed by atoms with E-state index >= 15 is 0 Å². The monoisotopic (exact) mass is 377 g/mol. The average Bonchev–Trinajstić information content (AvgIpc) is 2.72. The van der Waals surface area contributed by atoms with Crippen LogP contribution in [0.2, 0.25) is 0 Å². The molecule has 0 bridgehead atoms. The molecular formula is C21H19N3O4. The van der Waals surface area contributed by atoms with Crippen LogP contribution < -0.4 is 0 Å². The SMILES string of the molecule is N#CCCN(CCC#N)C(=O)COC(=O)c1ccc(-c2ccc(O)cc2)cc1.